The molecule has 1 N–H and O–H groups in total. The van der Waals surface area contributed by atoms with Crippen molar-refractivity contribution in [1.29, 1.82) is 0 Å². The third-order valence-corrected chi connectivity index (χ3v) is 3.13. The van der Waals surface area contributed by atoms with Gasteiger partial charge in [0.2, 0.25) is 5.91 Å². The van der Waals surface area contributed by atoms with Crippen LogP contribution in [0.3, 0.4) is 0 Å². The molecule has 0 radical (unpaired) electrons. The van der Waals surface area contributed by atoms with Gasteiger partial charge >= 0.3 is 0 Å². The quantitative estimate of drug-likeness (QED) is 0.916. The van der Waals surface area contributed by atoms with Crippen LogP contribution in [0.1, 0.15) is 18.4 Å². The monoisotopic (exact) mass is 259 g/mol. The summed E-state index contributed by atoms with van der Waals surface area (Å²) in [5.41, 5.74) is 0.575. The largest absolute Gasteiger partial charge is 0.309 e. The van der Waals surface area contributed by atoms with Gasteiger partial charge in [-0.05, 0) is 18.9 Å². The first kappa shape index (κ1) is 11.9. The number of amides is 1. The molecule has 1 fully saturated rings. The number of hydrogen-bond donors (Lipinski definition) is 1. The van der Waals surface area contributed by atoms with Crippen molar-refractivity contribution in [2.45, 2.75) is 19.4 Å². The Morgan fingerprint density at radius 1 is 1.37 bits per heavy atom. The van der Waals surface area contributed by atoms with Gasteiger partial charge in [-0.25, -0.2) is 4.39 Å². The summed E-state index contributed by atoms with van der Waals surface area (Å²) in [6.45, 7) is 0.353. The van der Waals surface area contributed by atoms with E-state index in [0.29, 0.717) is 17.9 Å². The van der Waals surface area contributed by atoms with Gasteiger partial charge in [-0.3, -0.25) is 9.48 Å². The van der Waals surface area contributed by atoms with Crippen molar-refractivity contribution in [3.63, 3.8) is 0 Å². The van der Waals surface area contributed by atoms with Crippen LogP contribution in [0.2, 0.25) is 0 Å². The molecule has 0 atom stereocenters. The molecule has 0 saturated heterocycles. The number of carbonyl (C=O) groups is 1. The third kappa shape index (κ3) is 2.81. The normalized spacial score (nSPS) is 14.4. The summed E-state index contributed by atoms with van der Waals surface area (Å²) in [7, 11) is 0. The van der Waals surface area contributed by atoms with E-state index in [9.17, 15) is 9.18 Å². The summed E-state index contributed by atoms with van der Waals surface area (Å²) in [4.78, 5) is 11.6. The maximum atomic E-state index is 13.5. The maximum Gasteiger partial charge on any atom is 0.228 e. The van der Waals surface area contributed by atoms with E-state index in [4.69, 9.17) is 0 Å². The second-order valence-electron chi connectivity index (χ2n) is 4.75. The zero-order valence-corrected chi connectivity index (χ0v) is 10.3. The van der Waals surface area contributed by atoms with Gasteiger partial charge in [0.15, 0.2) is 5.82 Å². The summed E-state index contributed by atoms with van der Waals surface area (Å²) < 4.78 is 15.1. The number of benzene rings is 1. The van der Waals surface area contributed by atoms with E-state index in [0.717, 1.165) is 12.8 Å². The molecule has 1 aromatic carbocycles. The van der Waals surface area contributed by atoms with Crippen LogP contribution in [0.25, 0.3) is 0 Å². The average molecular weight is 259 g/mol. The van der Waals surface area contributed by atoms with Crippen molar-refractivity contribution in [3.05, 3.63) is 47.9 Å². The highest BCUT2D eigenvalue weighted by atomic mass is 19.1. The lowest BCUT2D eigenvalue weighted by Crippen LogP contribution is -2.14. The first-order chi connectivity index (χ1) is 9.22. The molecule has 0 aliphatic heterocycles. The number of rotatable bonds is 4. The van der Waals surface area contributed by atoms with Crippen LogP contribution in [0.15, 0.2) is 36.5 Å². The second kappa shape index (κ2) is 4.84. The molecule has 1 aliphatic rings. The summed E-state index contributed by atoms with van der Waals surface area (Å²) in [5.74, 6) is 0.447. The molecular weight excluding hydrogens is 245 g/mol. The molecule has 1 aliphatic carbocycles. The third-order valence-electron chi connectivity index (χ3n) is 3.13. The first-order valence-electron chi connectivity index (χ1n) is 6.30. The molecule has 0 unspecified atom stereocenters. The maximum absolute atomic E-state index is 13.5. The molecule has 0 bridgehead atoms. The van der Waals surface area contributed by atoms with E-state index < -0.39 is 0 Å². The summed E-state index contributed by atoms with van der Waals surface area (Å²) in [6, 6.07) is 8.32. The molecule has 5 heteroatoms. The minimum Gasteiger partial charge on any atom is -0.309 e. The van der Waals surface area contributed by atoms with E-state index in [-0.39, 0.29) is 17.6 Å². The van der Waals surface area contributed by atoms with Crippen LogP contribution >= 0.6 is 0 Å². The van der Waals surface area contributed by atoms with Crippen LogP contribution in [0, 0.1) is 11.7 Å². The number of anilines is 1. The van der Waals surface area contributed by atoms with Gasteiger partial charge in [0.05, 0.1) is 6.54 Å². The van der Waals surface area contributed by atoms with Crippen LogP contribution in [-0.4, -0.2) is 15.7 Å². The Labute approximate surface area is 110 Å². The van der Waals surface area contributed by atoms with Gasteiger partial charge in [0.25, 0.3) is 0 Å². The first-order valence-corrected chi connectivity index (χ1v) is 6.30. The molecule has 1 amide bonds. The van der Waals surface area contributed by atoms with Gasteiger partial charge in [-0.15, -0.1) is 0 Å². The molecule has 1 aromatic heterocycles. The lowest BCUT2D eigenvalue weighted by Gasteiger charge is -2.03. The van der Waals surface area contributed by atoms with E-state index in [2.05, 4.69) is 10.4 Å². The lowest BCUT2D eigenvalue weighted by atomic mass is 10.2. The van der Waals surface area contributed by atoms with Gasteiger partial charge in [0.1, 0.15) is 5.82 Å². The van der Waals surface area contributed by atoms with Gasteiger partial charge in [0, 0.05) is 23.7 Å². The molecule has 19 heavy (non-hydrogen) atoms. The molecule has 4 nitrogen and oxygen atoms in total. The van der Waals surface area contributed by atoms with E-state index in [1.807, 2.05) is 0 Å². The average Bonchev–Trinajstić information content (AvgIpc) is 3.16. The van der Waals surface area contributed by atoms with Crippen molar-refractivity contribution >= 4 is 11.7 Å². The molecule has 98 valence electrons. The van der Waals surface area contributed by atoms with Crippen LogP contribution < -0.4 is 5.32 Å². The zero-order valence-electron chi connectivity index (χ0n) is 10.3. The Bertz CT molecular complexity index is 604. The highest BCUT2D eigenvalue weighted by molar-refractivity contribution is 5.93. The summed E-state index contributed by atoms with van der Waals surface area (Å²) >= 11 is 0. The Morgan fingerprint density at radius 3 is 2.89 bits per heavy atom. The Hall–Kier alpha value is -2.17. The predicted molar refractivity (Wildman–Crippen MR) is 69.1 cm³/mol. The van der Waals surface area contributed by atoms with Crippen molar-refractivity contribution in [2.24, 2.45) is 5.92 Å². The number of carbonyl (C=O) groups excluding carboxylic acids is 1. The fourth-order valence-electron chi connectivity index (χ4n) is 1.89. The van der Waals surface area contributed by atoms with E-state index in [1.54, 1.807) is 35.1 Å². The van der Waals surface area contributed by atoms with E-state index in [1.165, 1.54) is 6.07 Å². The topological polar surface area (TPSA) is 46.9 Å². The van der Waals surface area contributed by atoms with Crippen molar-refractivity contribution < 1.29 is 9.18 Å². The molecule has 0 spiro atoms. The van der Waals surface area contributed by atoms with Crippen molar-refractivity contribution in [3.8, 4) is 0 Å². The Morgan fingerprint density at radius 2 is 2.16 bits per heavy atom. The number of halogens is 1. The number of nitrogens with one attached hydrogen (secondary N) is 1. The molecular formula is C14H14FN3O. The smallest absolute Gasteiger partial charge is 0.228 e. The van der Waals surface area contributed by atoms with Gasteiger partial charge in [-0.2, -0.15) is 5.10 Å². The minimum absolute atomic E-state index is 0.0242. The second-order valence-corrected chi connectivity index (χ2v) is 4.75. The van der Waals surface area contributed by atoms with Crippen LogP contribution in [0.5, 0.6) is 0 Å². The van der Waals surface area contributed by atoms with Crippen LogP contribution in [0.4, 0.5) is 10.2 Å². The number of hydrogen-bond acceptors (Lipinski definition) is 2. The molecule has 1 heterocycles. The predicted octanol–water partition coefficient (Wildman–Crippen LogP) is 2.42. The molecule has 2 aromatic rings. The minimum atomic E-state index is -0.249. The highest BCUT2D eigenvalue weighted by Crippen LogP contribution is 2.29. The highest BCUT2D eigenvalue weighted by Gasteiger charge is 2.29. The van der Waals surface area contributed by atoms with E-state index >= 15 is 0 Å². The number of aromatic nitrogens is 2. The SMILES string of the molecule is O=C(Nc1ccn(Cc2ccccc2F)n1)C1CC1. The number of nitrogens with zero attached hydrogens (tertiary/aromatic N) is 2. The summed E-state index contributed by atoms with van der Waals surface area (Å²) in [6.07, 6.45) is 3.65. The Kier molecular flexibility index (Phi) is 3.03. The van der Waals surface area contributed by atoms with Crippen molar-refractivity contribution in [1.82, 2.24) is 9.78 Å². The standard InChI is InChI=1S/C14H14FN3O/c15-12-4-2-1-3-11(12)9-18-8-7-13(17-18)16-14(19)10-5-6-10/h1-4,7-8,10H,5-6,9H2,(H,16,17,19). The lowest BCUT2D eigenvalue weighted by molar-refractivity contribution is -0.117. The van der Waals surface area contributed by atoms with Gasteiger partial charge in [-0.1, -0.05) is 18.2 Å². The fraction of sp³-hybridized carbons (Fsp3) is 0.286. The van der Waals surface area contributed by atoms with Crippen LogP contribution in [-0.2, 0) is 11.3 Å². The fourth-order valence-corrected chi connectivity index (χ4v) is 1.89. The zero-order chi connectivity index (χ0) is 13.2. The Balaban J connectivity index is 1.67. The molecule has 1 saturated carbocycles. The summed E-state index contributed by atoms with van der Waals surface area (Å²) in [5, 5.41) is 6.97. The van der Waals surface area contributed by atoms with Crippen molar-refractivity contribution in [2.75, 3.05) is 5.32 Å². The van der Waals surface area contributed by atoms with Gasteiger partial charge < -0.3 is 5.32 Å². The molecule has 3 rings (SSSR count).